The first-order valence-electron chi connectivity index (χ1n) is 6.30. The Morgan fingerprint density at radius 2 is 2.10 bits per heavy atom. The van der Waals surface area contributed by atoms with E-state index in [0.29, 0.717) is 0 Å². The smallest absolute Gasteiger partial charge is 0.308 e. The zero-order valence-corrected chi connectivity index (χ0v) is 12.8. The van der Waals surface area contributed by atoms with E-state index in [2.05, 4.69) is 15.0 Å². The molecule has 0 saturated carbocycles. The highest BCUT2D eigenvalue weighted by molar-refractivity contribution is 7.89. The Kier molecular flexibility index (Phi) is 6.46. The van der Waals surface area contributed by atoms with Crippen molar-refractivity contribution in [3.63, 3.8) is 0 Å². The Balaban J connectivity index is 0.00000220. The molecule has 1 aliphatic rings. The maximum atomic E-state index is 12.1. The highest BCUT2D eigenvalue weighted by atomic mass is 35.5. The van der Waals surface area contributed by atoms with E-state index in [4.69, 9.17) is 0 Å². The van der Waals surface area contributed by atoms with Gasteiger partial charge in [-0.2, -0.15) is 0 Å². The predicted octanol–water partition coefficient (Wildman–Crippen LogP) is 0.689. The molecule has 118 valence electrons. The van der Waals surface area contributed by atoms with Crippen LogP contribution in [0.4, 0.5) is 5.69 Å². The van der Waals surface area contributed by atoms with Crippen LogP contribution in [0.1, 0.15) is 12.8 Å². The fraction of sp³-hybridized carbons (Fsp3) is 0.545. The molecule has 8 nitrogen and oxygen atoms in total. The van der Waals surface area contributed by atoms with E-state index in [1.807, 2.05) is 0 Å². The van der Waals surface area contributed by atoms with Gasteiger partial charge in [-0.15, -0.1) is 12.4 Å². The number of rotatable bonds is 5. The van der Waals surface area contributed by atoms with Gasteiger partial charge in [0, 0.05) is 18.8 Å². The lowest BCUT2D eigenvalue weighted by Crippen LogP contribution is -2.36. The summed E-state index contributed by atoms with van der Waals surface area (Å²) >= 11 is 0. The van der Waals surface area contributed by atoms with Crippen LogP contribution in [0.3, 0.4) is 0 Å². The van der Waals surface area contributed by atoms with Crippen LogP contribution in [0, 0.1) is 16.0 Å². The van der Waals surface area contributed by atoms with Crippen LogP contribution in [0.2, 0.25) is 0 Å². The summed E-state index contributed by atoms with van der Waals surface area (Å²) in [6, 6.07) is 2.47. The van der Waals surface area contributed by atoms with Gasteiger partial charge >= 0.3 is 5.69 Å². The maximum absolute atomic E-state index is 12.1. The molecule has 1 aromatic heterocycles. The fourth-order valence-corrected chi connectivity index (χ4v) is 3.32. The van der Waals surface area contributed by atoms with Gasteiger partial charge in [0.15, 0.2) is 0 Å². The molecule has 10 heteroatoms. The van der Waals surface area contributed by atoms with Gasteiger partial charge in [-0.3, -0.25) is 10.1 Å². The van der Waals surface area contributed by atoms with Crippen LogP contribution in [-0.2, 0) is 10.0 Å². The topological polar surface area (TPSA) is 114 Å². The Morgan fingerprint density at radius 1 is 1.43 bits per heavy atom. The molecule has 0 aliphatic carbocycles. The van der Waals surface area contributed by atoms with Crippen molar-refractivity contribution in [1.29, 1.82) is 0 Å². The van der Waals surface area contributed by atoms with Gasteiger partial charge in [0.05, 0.1) is 4.92 Å². The van der Waals surface area contributed by atoms with Gasteiger partial charge in [0.25, 0.3) is 10.0 Å². The number of piperidine rings is 1. The van der Waals surface area contributed by atoms with Crippen LogP contribution in [0.25, 0.3) is 0 Å². The van der Waals surface area contributed by atoms with E-state index in [-0.39, 0.29) is 24.9 Å². The molecule has 21 heavy (non-hydrogen) atoms. The largest absolute Gasteiger partial charge is 0.317 e. The van der Waals surface area contributed by atoms with E-state index < -0.39 is 25.7 Å². The number of aromatic nitrogens is 1. The Bertz CT molecular complexity index is 590. The average Bonchev–Trinajstić information content (AvgIpc) is 2.46. The number of halogens is 1. The van der Waals surface area contributed by atoms with E-state index in [1.165, 1.54) is 12.3 Å². The van der Waals surface area contributed by atoms with Gasteiger partial charge in [0.2, 0.25) is 5.03 Å². The lowest BCUT2D eigenvalue weighted by atomic mass is 9.99. The third kappa shape index (κ3) is 4.60. The van der Waals surface area contributed by atoms with E-state index in [1.54, 1.807) is 0 Å². The Labute approximate surface area is 129 Å². The first kappa shape index (κ1) is 17.8. The second kappa shape index (κ2) is 7.64. The van der Waals surface area contributed by atoms with Crippen molar-refractivity contribution in [2.24, 2.45) is 5.92 Å². The molecule has 0 amide bonds. The van der Waals surface area contributed by atoms with Gasteiger partial charge in [-0.1, -0.05) is 0 Å². The molecule has 0 radical (unpaired) electrons. The maximum Gasteiger partial charge on any atom is 0.308 e. The summed E-state index contributed by atoms with van der Waals surface area (Å²) < 4.78 is 26.6. The summed E-state index contributed by atoms with van der Waals surface area (Å²) in [6.07, 6.45) is 2.99. The average molecular weight is 337 g/mol. The summed E-state index contributed by atoms with van der Waals surface area (Å²) in [4.78, 5) is 13.7. The minimum absolute atomic E-state index is 0. The number of nitro groups is 1. The monoisotopic (exact) mass is 336 g/mol. The summed E-state index contributed by atoms with van der Waals surface area (Å²) in [7, 11) is -3.96. The van der Waals surface area contributed by atoms with Crippen LogP contribution in [0.15, 0.2) is 23.4 Å². The first-order valence-corrected chi connectivity index (χ1v) is 7.79. The van der Waals surface area contributed by atoms with Crippen LogP contribution >= 0.6 is 12.4 Å². The van der Waals surface area contributed by atoms with Crippen molar-refractivity contribution >= 4 is 28.1 Å². The lowest BCUT2D eigenvalue weighted by Gasteiger charge is -2.22. The van der Waals surface area contributed by atoms with E-state index in [0.717, 1.165) is 32.0 Å². The fourth-order valence-electron chi connectivity index (χ4n) is 2.11. The van der Waals surface area contributed by atoms with Gasteiger partial charge < -0.3 is 5.32 Å². The van der Waals surface area contributed by atoms with Crippen LogP contribution in [0.5, 0.6) is 0 Å². The van der Waals surface area contributed by atoms with Gasteiger partial charge in [0.1, 0.15) is 0 Å². The molecule has 2 N–H and O–H groups in total. The molecule has 0 spiro atoms. The molecule has 0 unspecified atom stereocenters. The normalized spacial score (nSPS) is 16.2. The minimum Gasteiger partial charge on any atom is -0.317 e. The molecule has 1 aliphatic heterocycles. The Morgan fingerprint density at radius 3 is 2.71 bits per heavy atom. The third-order valence-corrected chi connectivity index (χ3v) is 4.59. The van der Waals surface area contributed by atoms with Crippen molar-refractivity contribution in [1.82, 2.24) is 15.0 Å². The molecule has 2 rings (SSSR count). The summed E-state index contributed by atoms with van der Waals surface area (Å²) in [5.74, 6) is 0.244. The molecule has 0 atom stereocenters. The van der Waals surface area contributed by atoms with E-state index in [9.17, 15) is 18.5 Å². The van der Waals surface area contributed by atoms with Crippen molar-refractivity contribution < 1.29 is 13.3 Å². The number of nitrogens with zero attached hydrogens (tertiary/aromatic N) is 2. The molecular formula is C11H17ClN4O4S. The van der Waals surface area contributed by atoms with Crippen molar-refractivity contribution in [3.8, 4) is 0 Å². The first-order chi connectivity index (χ1) is 9.50. The van der Waals surface area contributed by atoms with Crippen molar-refractivity contribution in [2.75, 3.05) is 19.6 Å². The second-order valence-corrected chi connectivity index (χ2v) is 6.31. The summed E-state index contributed by atoms with van der Waals surface area (Å²) in [5, 5.41) is 13.5. The summed E-state index contributed by atoms with van der Waals surface area (Å²) in [5.41, 5.74) is -0.509. The van der Waals surface area contributed by atoms with Crippen LogP contribution in [-0.4, -0.2) is 38.0 Å². The minimum atomic E-state index is -3.96. The molecule has 1 saturated heterocycles. The standard InChI is InChI=1S/C11H16N4O4S.ClH/c16-15(17)10-2-1-5-13-11(10)20(18,19)14-8-9-3-6-12-7-4-9;/h1-2,5,9,12,14H,3-4,6-8H2;1H. The Hall–Kier alpha value is -1.29. The molecule has 0 bridgehead atoms. The number of nitrogens with one attached hydrogen (secondary N) is 2. The van der Waals surface area contributed by atoms with Crippen molar-refractivity contribution in [3.05, 3.63) is 28.4 Å². The quantitative estimate of drug-likeness (QED) is 0.604. The molecule has 0 aromatic carbocycles. The highest BCUT2D eigenvalue weighted by Gasteiger charge is 2.27. The van der Waals surface area contributed by atoms with Crippen molar-refractivity contribution in [2.45, 2.75) is 17.9 Å². The molecule has 1 aromatic rings. The molecular weight excluding hydrogens is 320 g/mol. The van der Waals surface area contributed by atoms with Crippen LogP contribution < -0.4 is 10.0 Å². The second-order valence-electron chi connectivity index (χ2n) is 4.63. The molecule has 2 heterocycles. The highest BCUT2D eigenvalue weighted by Crippen LogP contribution is 2.20. The number of pyridine rings is 1. The number of hydrogen-bond donors (Lipinski definition) is 2. The number of hydrogen-bond acceptors (Lipinski definition) is 6. The lowest BCUT2D eigenvalue weighted by molar-refractivity contribution is -0.388. The zero-order chi connectivity index (χ0) is 14.6. The third-order valence-electron chi connectivity index (χ3n) is 3.22. The SMILES string of the molecule is Cl.O=[N+]([O-])c1cccnc1S(=O)(=O)NCC1CCNCC1. The predicted molar refractivity (Wildman–Crippen MR) is 78.9 cm³/mol. The molecule has 1 fully saturated rings. The van der Waals surface area contributed by atoms with Gasteiger partial charge in [-0.05, 0) is 37.9 Å². The number of sulfonamides is 1. The van der Waals surface area contributed by atoms with E-state index >= 15 is 0 Å². The summed E-state index contributed by atoms with van der Waals surface area (Å²) in [6.45, 7) is 1.99. The zero-order valence-electron chi connectivity index (χ0n) is 11.2. The van der Waals surface area contributed by atoms with Gasteiger partial charge in [-0.25, -0.2) is 18.1 Å².